The molecule has 30 heavy (non-hydrogen) atoms. The predicted molar refractivity (Wildman–Crippen MR) is 121 cm³/mol. The van der Waals surface area contributed by atoms with Crippen LogP contribution in [0.5, 0.6) is 0 Å². The number of rotatable bonds is 2. The fourth-order valence-electron chi connectivity index (χ4n) is 4.80. The van der Waals surface area contributed by atoms with Gasteiger partial charge in [0.1, 0.15) is 0 Å². The maximum atomic E-state index is 11.2. The van der Waals surface area contributed by atoms with E-state index < -0.39 is 5.97 Å². The lowest BCUT2D eigenvalue weighted by Crippen LogP contribution is -2.34. The molecule has 4 nitrogen and oxygen atoms in total. The smallest absolute Gasteiger partial charge is 0.335 e. The molecule has 2 heterocycles. The number of nitrogens with zero attached hydrogens (tertiary/aromatic N) is 1. The molecule has 0 unspecified atom stereocenters. The highest BCUT2D eigenvalue weighted by Crippen LogP contribution is 2.51. The average molecular weight is 419 g/mol. The van der Waals surface area contributed by atoms with E-state index in [9.17, 15) is 4.79 Å². The maximum absolute atomic E-state index is 11.2. The summed E-state index contributed by atoms with van der Waals surface area (Å²) in [5, 5.41) is 17.1. The van der Waals surface area contributed by atoms with Gasteiger partial charge >= 0.3 is 5.97 Å². The number of hydrogen-bond acceptors (Lipinski definition) is 3. The van der Waals surface area contributed by atoms with Crippen molar-refractivity contribution < 1.29 is 9.90 Å². The number of H-pyrrole nitrogens is 1. The summed E-state index contributed by atoms with van der Waals surface area (Å²) in [7, 11) is 0. The molecule has 0 amide bonds. The Morgan fingerprint density at radius 2 is 1.67 bits per heavy atom. The molecule has 2 aromatic carbocycles. The SMILES string of the molecule is CC1(C)CCC(C)(C)c2cc3c(cc21)SCc1c(-c2ccc(C(=O)O)cc2)n[nH]c1-3. The fraction of sp³-hybridized carbons (Fsp3) is 0.360. The number of carbonyl (C=O) groups is 1. The van der Waals surface area contributed by atoms with Gasteiger partial charge in [-0.05, 0) is 59.1 Å². The molecule has 2 aliphatic rings. The number of aromatic carboxylic acids is 1. The second kappa shape index (κ2) is 6.48. The largest absolute Gasteiger partial charge is 0.478 e. The first-order valence-corrected chi connectivity index (χ1v) is 11.4. The summed E-state index contributed by atoms with van der Waals surface area (Å²) in [4.78, 5) is 12.5. The number of thioether (sulfide) groups is 1. The number of carboxylic acid groups (broad SMARTS) is 1. The Balaban J connectivity index is 1.63. The molecule has 0 saturated carbocycles. The molecule has 2 N–H and O–H groups in total. The zero-order chi connectivity index (χ0) is 21.3. The molecule has 1 aliphatic carbocycles. The van der Waals surface area contributed by atoms with Crippen LogP contribution >= 0.6 is 11.8 Å². The van der Waals surface area contributed by atoms with Crippen LogP contribution in [0.3, 0.4) is 0 Å². The standard InChI is InChI=1S/C25H26N2O2S/c1-24(2)9-10-25(3,4)19-12-20-16(11-18(19)24)22-17(13-30-20)21(26-27-22)14-5-7-15(8-6-14)23(28)29/h5-8,11-12H,9-10,13H2,1-4H3,(H,26,27)(H,28,29). The van der Waals surface area contributed by atoms with Gasteiger partial charge in [0.2, 0.25) is 0 Å². The Kier molecular flexibility index (Phi) is 4.20. The zero-order valence-electron chi connectivity index (χ0n) is 17.8. The van der Waals surface area contributed by atoms with Crippen molar-refractivity contribution in [1.82, 2.24) is 10.2 Å². The number of aromatic nitrogens is 2. The van der Waals surface area contributed by atoms with Crippen LogP contribution in [0.25, 0.3) is 22.5 Å². The lowest BCUT2D eigenvalue weighted by Gasteiger charge is -2.42. The van der Waals surface area contributed by atoms with Gasteiger partial charge in [0.05, 0.1) is 17.0 Å². The predicted octanol–water partition coefficient (Wildman–Crippen LogP) is 6.40. The highest BCUT2D eigenvalue weighted by molar-refractivity contribution is 7.98. The van der Waals surface area contributed by atoms with Crippen molar-refractivity contribution in [1.29, 1.82) is 0 Å². The van der Waals surface area contributed by atoms with Gasteiger partial charge in [-0.1, -0.05) is 39.8 Å². The molecule has 1 aliphatic heterocycles. The van der Waals surface area contributed by atoms with Crippen LogP contribution in [0.2, 0.25) is 0 Å². The van der Waals surface area contributed by atoms with E-state index in [0.29, 0.717) is 5.56 Å². The van der Waals surface area contributed by atoms with E-state index in [4.69, 9.17) is 5.11 Å². The van der Waals surface area contributed by atoms with Gasteiger partial charge in [0, 0.05) is 27.3 Å². The van der Waals surface area contributed by atoms with Crippen molar-refractivity contribution >= 4 is 17.7 Å². The zero-order valence-corrected chi connectivity index (χ0v) is 18.6. The van der Waals surface area contributed by atoms with E-state index >= 15 is 0 Å². The van der Waals surface area contributed by atoms with E-state index in [1.54, 1.807) is 12.1 Å². The van der Waals surface area contributed by atoms with Gasteiger partial charge < -0.3 is 5.11 Å². The van der Waals surface area contributed by atoms with E-state index in [1.165, 1.54) is 40.0 Å². The molecular weight excluding hydrogens is 392 g/mol. The normalized spacial score (nSPS) is 18.3. The van der Waals surface area contributed by atoms with Crippen LogP contribution in [0.15, 0.2) is 41.3 Å². The van der Waals surface area contributed by atoms with Gasteiger partial charge in [-0.15, -0.1) is 11.8 Å². The van der Waals surface area contributed by atoms with Gasteiger partial charge in [-0.25, -0.2) is 4.79 Å². The molecule has 0 saturated heterocycles. The first-order valence-electron chi connectivity index (χ1n) is 10.4. The van der Waals surface area contributed by atoms with Gasteiger partial charge in [0.15, 0.2) is 0 Å². The monoisotopic (exact) mass is 418 g/mol. The molecule has 0 atom stereocenters. The number of nitrogens with one attached hydrogen (secondary N) is 1. The summed E-state index contributed by atoms with van der Waals surface area (Å²) in [6, 6.07) is 11.8. The van der Waals surface area contributed by atoms with Gasteiger partial charge in [0.25, 0.3) is 0 Å². The van der Waals surface area contributed by atoms with Crippen LogP contribution in [-0.2, 0) is 16.6 Å². The highest BCUT2D eigenvalue weighted by atomic mass is 32.2. The number of carboxylic acids is 1. The van der Waals surface area contributed by atoms with Crippen molar-refractivity contribution in [3.63, 3.8) is 0 Å². The topological polar surface area (TPSA) is 66.0 Å². The fourth-order valence-corrected chi connectivity index (χ4v) is 5.90. The molecule has 0 fully saturated rings. The highest BCUT2D eigenvalue weighted by Gasteiger charge is 2.38. The minimum atomic E-state index is -0.912. The van der Waals surface area contributed by atoms with E-state index in [-0.39, 0.29) is 10.8 Å². The third kappa shape index (κ3) is 2.90. The Hall–Kier alpha value is -2.53. The van der Waals surface area contributed by atoms with Gasteiger partial charge in [-0.3, -0.25) is 5.10 Å². The third-order valence-electron chi connectivity index (χ3n) is 6.87. The molecule has 0 bridgehead atoms. The molecule has 3 aromatic rings. The number of fused-ring (bicyclic) bond motifs is 4. The van der Waals surface area contributed by atoms with Crippen molar-refractivity contribution in [3.05, 3.63) is 58.7 Å². The van der Waals surface area contributed by atoms with E-state index in [2.05, 4.69) is 50.0 Å². The van der Waals surface area contributed by atoms with Crippen LogP contribution < -0.4 is 0 Å². The summed E-state index contributed by atoms with van der Waals surface area (Å²) in [5.74, 6) is -0.0531. The number of benzene rings is 2. The van der Waals surface area contributed by atoms with Crippen molar-refractivity contribution in [2.45, 2.75) is 62.0 Å². The third-order valence-corrected chi connectivity index (χ3v) is 7.95. The molecule has 5 heteroatoms. The quantitative estimate of drug-likeness (QED) is 0.505. The number of hydrogen-bond donors (Lipinski definition) is 2. The van der Waals surface area contributed by atoms with Gasteiger partial charge in [-0.2, -0.15) is 5.10 Å². The van der Waals surface area contributed by atoms with Crippen LogP contribution in [-0.4, -0.2) is 21.3 Å². The minimum absolute atomic E-state index is 0.164. The van der Waals surface area contributed by atoms with Crippen molar-refractivity contribution in [2.24, 2.45) is 0 Å². The summed E-state index contributed by atoms with van der Waals surface area (Å²) in [6.07, 6.45) is 2.40. The second-order valence-electron chi connectivity index (χ2n) is 9.76. The second-order valence-corrected chi connectivity index (χ2v) is 10.8. The summed E-state index contributed by atoms with van der Waals surface area (Å²) in [5.41, 5.74) is 8.99. The Labute approximate surface area is 181 Å². The summed E-state index contributed by atoms with van der Waals surface area (Å²) < 4.78 is 0. The van der Waals surface area contributed by atoms with Crippen LogP contribution in [0, 0.1) is 0 Å². The Morgan fingerprint density at radius 1 is 1.03 bits per heavy atom. The van der Waals surface area contributed by atoms with Crippen molar-refractivity contribution in [3.8, 4) is 22.5 Å². The first kappa shape index (κ1) is 19.4. The van der Waals surface area contributed by atoms with Crippen molar-refractivity contribution in [2.75, 3.05) is 0 Å². The molecule has 0 spiro atoms. The summed E-state index contributed by atoms with van der Waals surface area (Å²) in [6.45, 7) is 9.43. The summed E-state index contributed by atoms with van der Waals surface area (Å²) >= 11 is 1.87. The minimum Gasteiger partial charge on any atom is -0.478 e. The Morgan fingerprint density at radius 3 is 2.30 bits per heavy atom. The lowest BCUT2D eigenvalue weighted by molar-refractivity contribution is 0.0697. The Bertz CT molecular complexity index is 1170. The number of aromatic amines is 1. The van der Waals surface area contributed by atoms with Crippen LogP contribution in [0.1, 0.15) is 67.6 Å². The molecule has 5 rings (SSSR count). The molecule has 1 aromatic heterocycles. The van der Waals surface area contributed by atoms with E-state index in [1.807, 2.05) is 23.9 Å². The molecular formula is C25H26N2O2S. The molecule has 0 radical (unpaired) electrons. The lowest BCUT2D eigenvalue weighted by atomic mass is 9.63. The maximum Gasteiger partial charge on any atom is 0.335 e. The average Bonchev–Trinajstić information content (AvgIpc) is 3.15. The first-order chi connectivity index (χ1) is 14.2. The molecule has 154 valence electrons. The van der Waals surface area contributed by atoms with E-state index in [0.717, 1.165) is 22.7 Å². The van der Waals surface area contributed by atoms with Crippen LogP contribution in [0.4, 0.5) is 0 Å².